The fourth-order valence-corrected chi connectivity index (χ4v) is 4.24. The zero-order valence-electron chi connectivity index (χ0n) is 21.0. The molecule has 4 rings (SSSR count). The minimum atomic E-state index is -0.471. The Labute approximate surface area is 213 Å². The van der Waals surface area contributed by atoms with Crippen molar-refractivity contribution in [2.75, 3.05) is 19.5 Å². The normalized spacial score (nSPS) is 13.5. The highest BCUT2D eigenvalue weighted by molar-refractivity contribution is 5.84. The van der Waals surface area contributed by atoms with Crippen molar-refractivity contribution >= 4 is 11.8 Å². The zero-order chi connectivity index (χ0) is 25.2. The third-order valence-electron chi connectivity index (χ3n) is 6.21. The largest absolute Gasteiger partial charge is 0.493 e. The maximum absolute atomic E-state index is 12.1. The number of nitrogens with one attached hydrogen (secondary N) is 2. The first-order valence-electron chi connectivity index (χ1n) is 12.4. The van der Waals surface area contributed by atoms with Crippen molar-refractivity contribution in [1.82, 2.24) is 10.4 Å². The highest BCUT2D eigenvalue weighted by Gasteiger charge is 2.18. The predicted molar refractivity (Wildman–Crippen MR) is 141 cm³/mol. The quantitative estimate of drug-likeness (QED) is 0.327. The monoisotopic (exact) mass is 489 g/mol. The van der Waals surface area contributed by atoms with Crippen molar-refractivity contribution in [3.05, 3.63) is 89.5 Å². The van der Waals surface area contributed by atoms with E-state index in [-0.39, 0.29) is 12.7 Å². The molecule has 0 aromatic heterocycles. The van der Waals surface area contributed by atoms with Gasteiger partial charge in [-0.3, -0.25) is 10.7 Å². The van der Waals surface area contributed by atoms with Crippen LogP contribution in [0.1, 0.15) is 42.4 Å². The highest BCUT2D eigenvalue weighted by atomic mass is 16.5. The predicted octanol–water partition coefficient (Wildman–Crippen LogP) is 5.90. The summed E-state index contributed by atoms with van der Waals surface area (Å²) >= 11 is 0. The van der Waals surface area contributed by atoms with Crippen LogP contribution in [0.2, 0.25) is 0 Å². The molecule has 0 aliphatic heterocycles. The Kier molecular flexibility index (Phi) is 9.19. The van der Waals surface area contributed by atoms with E-state index in [2.05, 4.69) is 22.9 Å². The molecule has 7 heteroatoms. The van der Waals surface area contributed by atoms with E-state index in [1.54, 1.807) is 7.11 Å². The van der Waals surface area contributed by atoms with Crippen LogP contribution in [-0.2, 0) is 24.4 Å². The Morgan fingerprint density at radius 3 is 2.36 bits per heavy atom. The zero-order valence-corrected chi connectivity index (χ0v) is 21.0. The highest BCUT2D eigenvalue weighted by Crippen LogP contribution is 2.32. The smallest absolute Gasteiger partial charge is 0.411 e. The van der Waals surface area contributed by atoms with E-state index >= 15 is 0 Å². The topological polar surface area (TPSA) is 72.1 Å². The molecule has 1 amide bonds. The van der Waals surface area contributed by atoms with Crippen LogP contribution in [0.15, 0.2) is 72.8 Å². The van der Waals surface area contributed by atoms with Crippen molar-refractivity contribution < 1.29 is 19.0 Å². The lowest BCUT2D eigenvalue weighted by Crippen LogP contribution is -2.33. The first-order valence-corrected chi connectivity index (χ1v) is 12.4. The van der Waals surface area contributed by atoms with Gasteiger partial charge in [0.2, 0.25) is 0 Å². The van der Waals surface area contributed by atoms with Crippen LogP contribution < -0.4 is 20.2 Å². The maximum atomic E-state index is 12.1. The number of hydrogen-bond donors (Lipinski definition) is 2. The van der Waals surface area contributed by atoms with Gasteiger partial charge >= 0.3 is 6.09 Å². The van der Waals surface area contributed by atoms with Crippen molar-refractivity contribution in [3.63, 3.8) is 0 Å². The number of hydrogen-bond acceptors (Lipinski definition) is 6. The number of carbonyl (C=O) groups excluding carboxylic acids is 1. The Morgan fingerprint density at radius 1 is 0.917 bits per heavy atom. The first-order chi connectivity index (χ1) is 17.6. The van der Waals surface area contributed by atoms with Crippen molar-refractivity contribution in [1.29, 1.82) is 0 Å². The Bertz CT molecular complexity index is 1100. The Morgan fingerprint density at radius 2 is 1.64 bits per heavy atom. The molecular formula is C29H35N3O4. The van der Waals surface area contributed by atoms with Crippen molar-refractivity contribution in [3.8, 4) is 11.5 Å². The summed E-state index contributed by atoms with van der Waals surface area (Å²) in [4.78, 5) is 12.1. The summed E-state index contributed by atoms with van der Waals surface area (Å²) in [6, 6.07) is 23.4. The van der Waals surface area contributed by atoms with E-state index in [4.69, 9.17) is 14.2 Å². The van der Waals surface area contributed by atoms with Gasteiger partial charge in [-0.05, 0) is 66.6 Å². The molecule has 3 aromatic carbocycles. The van der Waals surface area contributed by atoms with E-state index in [1.807, 2.05) is 72.7 Å². The average molecular weight is 490 g/mol. The van der Waals surface area contributed by atoms with Crippen LogP contribution in [0.3, 0.4) is 0 Å². The lowest BCUT2D eigenvalue weighted by molar-refractivity contribution is 0.155. The molecule has 1 aliphatic carbocycles. The van der Waals surface area contributed by atoms with Crippen molar-refractivity contribution in [2.45, 2.75) is 51.5 Å². The summed E-state index contributed by atoms with van der Waals surface area (Å²) in [6.07, 6.45) is 4.49. The van der Waals surface area contributed by atoms with Crippen LogP contribution >= 0.6 is 0 Å². The molecule has 0 spiro atoms. The minimum Gasteiger partial charge on any atom is -0.493 e. The molecule has 190 valence electrons. The summed E-state index contributed by atoms with van der Waals surface area (Å²) in [5.74, 6) is 1.59. The number of benzene rings is 3. The molecule has 0 saturated heterocycles. The molecule has 3 aromatic rings. The SMILES string of the molecule is COc1ccc(CNN(C)Cc2ccc(NC(=O)OCc3ccccc3)cc2)cc1OC1CCCC1. The molecular weight excluding hydrogens is 454 g/mol. The Balaban J connectivity index is 1.22. The number of carbonyl (C=O) groups is 1. The number of hydrazine groups is 1. The molecule has 7 nitrogen and oxygen atoms in total. The summed E-state index contributed by atoms with van der Waals surface area (Å²) in [7, 11) is 3.68. The fourth-order valence-electron chi connectivity index (χ4n) is 4.24. The van der Waals surface area contributed by atoms with Gasteiger partial charge in [0.15, 0.2) is 11.5 Å². The van der Waals surface area contributed by atoms with E-state index in [9.17, 15) is 4.79 Å². The van der Waals surface area contributed by atoms with Gasteiger partial charge in [0.05, 0.1) is 13.2 Å². The number of anilines is 1. The second-order valence-corrected chi connectivity index (χ2v) is 9.08. The number of rotatable bonds is 11. The average Bonchev–Trinajstić information content (AvgIpc) is 3.41. The van der Waals surface area contributed by atoms with Gasteiger partial charge in [-0.15, -0.1) is 0 Å². The van der Waals surface area contributed by atoms with Gasteiger partial charge in [0.25, 0.3) is 0 Å². The number of amides is 1. The molecule has 2 N–H and O–H groups in total. The molecule has 0 atom stereocenters. The molecule has 0 bridgehead atoms. The van der Waals surface area contributed by atoms with Gasteiger partial charge in [0, 0.05) is 25.8 Å². The molecule has 1 saturated carbocycles. The summed E-state index contributed by atoms with van der Waals surface area (Å²) in [6.45, 7) is 1.62. The van der Waals surface area contributed by atoms with Gasteiger partial charge in [-0.2, -0.15) is 0 Å². The van der Waals surface area contributed by atoms with E-state index < -0.39 is 6.09 Å². The van der Waals surface area contributed by atoms with E-state index in [0.717, 1.165) is 41.0 Å². The summed E-state index contributed by atoms with van der Waals surface area (Å²) < 4.78 is 17.0. The molecule has 1 aliphatic rings. The number of ether oxygens (including phenoxy) is 3. The van der Waals surface area contributed by atoms with Crippen LogP contribution in [0.5, 0.6) is 11.5 Å². The van der Waals surface area contributed by atoms with Crippen LogP contribution in [0.25, 0.3) is 0 Å². The van der Waals surface area contributed by atoms with E-state index in [1.165, 1.54) is 12.8 Å². The van der Waals surface area contributed by atoms with Crippen LogP contribution in [0.4, 0.5) is 10.5 Å². The lowest BCUT2D eigenvalue weighted by Gasteiger charge is -2.20. The summed E-state index contributed by atoms with van der Waals surface area (Å²) in [5, 5.41) is 4.81. The second-order valence-electron chi connectivity index (χ2n) is 9.08. The molecule has 0 unspecified atom stereocenters. The maximum Gasteiger partial charge on any atom is 0.411 e. The third kappa shape index (κ3) is 7.73. The van der Waals surface area contributed by atoms with Crippen LogP contribution in [-0.4, -0.2) is 31.4 Å². The Hall–Kier alpha value is -3.55. The first kappa shape index (κ1) is 25.5. The van der Waals surface area contributed by atoms with Gasteiger partial charge in [-0.25, -0.2) is 9.80 Å². The van der Waals surface area contributed by atoms with Crippen molar-refractivity contribution in [2.24, 2.45) is 0 Å². The molecule has 0 radical (unpaired) electrons. The number of nitrogens with zero attached hydrogens (tertiary/aromatic N) is 1. The second kappa shape index (κ2) is 13.0. The molecule has 0 heterocycles. The third-order valence-corrected chi connectivity index (χ3v) is 6.21. The van der Waals surface area contributed by atoms with Gasteiger partial charge in [0.1, 0.15) is 6.61 Å². The standard InChI is InChI=1S/C29H35N3O4/c1-32(30-19-24-14-17-27(34-2)28(18-24)36-26-10-6-7-11-26)20-22-12-15-25(16-13-22)31-29(33)35-21-23-8-4-3-5-9-23/h3-5,8-9,12-18,26,30H,6-7,10-11,19-21H2,1-2H3,(H,31,33). The fraction of sp³-hybridized carbons (Fsp3) is 0.345. The molecule has 1 fully saturated rings. The molecule has 36 heavy (non-hydrogen) atoms. The lowest BCUT2D eigenvalue weighted by atomic mass is 10.2. The van der Waals surface area contributed by atoms with Gasteiger partial charge < -0.3 is 14.2 Å². The van der Waals surface area contributed by atoms with Gasteiger partial charge in [-0.1, -0.05) is 48.5 Å². The van der Waals surface area contributed by atoms with E-state index in [0.29, 0.717) is 18.8 Å². The summed E-state index contributed by atoms with van der Waals surface area (Å²) in [5.41, 5.74) is 7.32. The van der Waals surface area contributed by atoms with Crippen LogP contribution in [0, 0.1) is 0 Å². The number of methoxy groups -OCH3 is 1. The minimum absolute atomic E-state index is 0.240.